The van der Waals surface area contributed by atoms with E-state index < -0.39 is 0 Å². The van der Waals surface area contributed by atoms with Gasteiger partial charge in [0.25, 0.3) is 0 Å². The number of nitrogens with two attached hydrogens (primary N) is 1. The molecule has 4 unspecified atom stereocenters. The number of ether oxygens (including phenoxy) is 1. The molecule has 4 atom stereocenters. The highest BCUT2D eigenvalue weighted by Gasteiger charge is 2.37. The van der Waals surface area contributed by atoms with E-state index in [0.29, 0.717) is 6.54 Å². The van der Waals surface area contributed by atoms with E-state index >= 15 is 0 Å². The van der Waals surface area contributed by atoms with Crippen molar-refractivity contribution in [1.29, 1.82) is 0 Å². The maximum absolute atomic E-state index is 12.8. The van der Waals surface area contributed by atoms with Crippen LogP contribution in [0.5, 0.6) is 0 Å². The molecule has 1 aromatic rings. The van der Waals surface area contributed by atoms with E-state index in [1.54, 1.807) is 0 Å². The van der Waals surface area contributed by atoms with Crippen molar-refractivity contribution in [1.82, 2.24) is 10.2 Å². The molecule has 0 radical (unpaired) electrons. The fraction of sp³-hybridized carbons (Fsp3) is 0.682. The summed E-state index contributed by atoms with van der Waals surface area (Å²) in [5, 5.41) is 3.16. The zero-order valence-corrected chi connectivity index (χ0v) is 17.0. The van der Waals surface area contributed by atoms with E-state index in [0.717, 1.165) is 45.3 Å². The fourth-order valence-corrected chi connectivity index (χ4v) is 4.63. The quantitative estimate of drug-likeness (QED) is 0.833. The zero-order chi connectivity index (χ0) is 19.4. The standard InChI is InChI=1S/C22H35N3O2/c1-16-13-25(14-17(2)27-16)15-19-9-5-4-8-18(19)12-24-21(26)20-10-6-7-11-22(20,3)23/h4-5,8-9,16-17,20H,6-7,10-15,23H2,1-3H3,(H,24,26). The Hall–Kier alpha value is -1.43. The lowest BCUT2D eigenvalue weighted by Crippen LogP contribution is -2.52. The summed E-state index contributed by atoms with van der Waals surface area (Å²) < 4.78 is 5.84. The van der Waals surface area contributed by atoms with Gasteiger partial charge < -0.3 is 15.8 Å². The third-order valence-electron chi connectivity index (χ3n) is 6.03. The van der Waals surface area contributed by atoms with Gasteiger partial charge >= 0.3 is 0 Å². The molecule has 1 aromatic carbocycles. The van der Waals surface area contributed by atoms with Gasteiger partial charge in [0, 0.05) is 31.7 Å². The van der Waals surface area contributed by atoms with Crippen LogP contribution in [0.3, 0.4) is 0 Å². The topological polar surface area (TPSA) is 67.6 Å². The lowest BCUT2D eigenvalue weighted by molar-refractivity contribution is -0.128. The summed E-state index contributed by atoms with van der Waals surface area (Å²) in [7, 11) is 0. The van der Waals surface area contributed by atoms with E-state index in [2.05, 4.69) is 42.3 Å². The van der Waals surface area contributed by atoms with Gasteiger partial charge in [0.1, 0.15) is 0 Å². The van der Waals surface area contributed by atoms with E-state index in [-0.39, 0.29) is 29.6 Å². The van der Waals surface area contributed by atoms with Gasteiger partial charge in [-0.15, -0.1) is 0 Å². The second-order valence-corrected chi connectivity index (χ2v) is 8.74. The maximum atomic E-state index is 12.8. The number of rotatable bonds is 5. The summed E-state index contributed by atoms with van der Waals surface area (Å²) in [4.78, 5) is 15.2. The molecule has 2 aliphatic rings. The molecule has 0 spiro atoms. The number of nitrogens with one attached hydrogen (secondary N) is 1. The number of benzene rings is 1. The van der Waals surface area contributed by atoms with Crippen LogP contribution in [0.4, 0.5) is 0 Å². The largest absolute Gasteiger partial charge is 0.373 e. The number of hydrogen-bond acceptors (Lipinski definition) is 4. The van der Waals surface area contributed by atoms with Gasteiger partial charge in [0.15, 0.2) is 0 Å². The van der Waals surface area contributed by atoms with Crippen molar-refractivity contribution in [2.24, 2.45) is 11.7 Å². The Balaban J connectivity index is 1.61. The molecule has 1 saturated carbocycles. The van der Waals surface area contributed by atoms with Crippen molar-refractivity contribution in [2.45, 2.75) is 77.3 Å². The average molecular weight is 374 g/mol. The van der Waals surface area contributed by atoms with Gasteiger partial charge in [-0.3, -0.25) is 9.69 Å². The number of hydrogen-bond donors (Lipinski definition) is 2. The van der Waals surface area contributed by atoms with Gasteiger partial charge in [-0.25, -0.2) is 0 Å². The molecular weight excluding hydrogens is 338 g/mol. The van der Waals surface area contributed by atoms with Crippen molar-refractivity contribution >= 4 is 5.91 Å². The van der Waals surface area contributed by atoms with Crippen molar-refractivity contribution in [2.75, 3.05) is 13.1 Å². The monoisotopic (exact) mass is 373 g/mol. The van der Waals surface area contributed by atoms with Crippen molar-refractivity contribution in [3.8, 4) is 0 Å². The van der Waals surface area contributed by atoms with Crippen LogP contribution in [0.2, 0.25) is 0 Å². The van der Waals surface area contributed by atoms with E-state index in [9.17, 15) is 4.79 Å². The normalized spacial score (nSPS) is 32.2. The molecule has 1 aliphatic carbocycles. The predicted octanol–water partition coefficient (Wildman–Crippen LogP) is 2.82. The molecule has 1 heterocycles. The van der Waals surface area contributed by atoms with Gasteiger partial charge in [0.2, 0.25) is 5.91 Å². The van der Waals surface area contributed by atoms with Crippen LogP contribution in [0.15, 0.2) is 24.3 Å². The molecule has 150 valence electrons. The minimum atomic E-state index is -0.387. The molecule has 1 saturated heterocycles. The minimum Gasteiger partial charge on any atom is -0.373 e. The second-order valence-electron chi connectivity index (χ2n) is 8.74. The first-order valence-electron chi connectivity index (χ1n) is 10.4. The summed E-state index contributed by atoms with van der Waals surface area (Å²) in [6.45, 7) is 9.62. The van der Waals surface area contributed by atoms with Crippen molar-refractivity contribution < 1.29 is 9.53 Å². The molecule has 2 fully saturated rings. The van der Waals surface area contributed by atoms with E-state index in [1.165, 1.54) is 11.1 Å². The highest BCUT2D eigenvalue weighted by atomic mass is 16.5. The fourth-order valence-electron chi connectivity index (χ4n) is 4.63. The summed E-state index contributed by atoms with van der Waals surface area (Å²) in [5.41, 5.74) is 8.47. The Bertz CT molecular complexity index is 636. The number of amides is 1. The smallest absolute Gasteiger partial charge is 0.225 e. The first-order chi connectivity index (χ1) is 12.8. The molecule has 3 N–H and O–H groups in total. The Morgan fingerprint density at radius 3 is 2.56 bits per heavy atom. The van der Waals surface area contributed by atoms with Crippen LogP contribution < -0.4 is 11.1 Å². The maximum Gasteiger partial charge on any atom is 0.225 e. The number of carbonyl (C=O) groups is 1. The molecular formula is C22H35N3O2. The second kappa shape index (κ2) is 8.72. The Morgan fingerprint density at radius 2 is 1.89 bits per heavy atom. The first kappa shape index (κ1) is 20.3. The van der Waals surface area contributed by atoms with Crippen LogP contribution in [-0.4, -0.2) is 41.6 Å². The average Bonchev–Trinajstić information content (AvgIpc) is 2.59. The summed E-state index contributed by atoms with van der Waals surface area (Å²) in [6.07, 6.45) is 4.55. The highest BCUT2D eigenvalue weighted by molar-refractivity contribution is 5.80. The van der Waals surface area contributed by atoms with Gasteiger partial charge in [-0.1, -0.05) is 37.1 Å². The minimum absolute atomic E-state index is 0.0839. The zero-order valence-electron chi connectivity index (χ0n) is 17.0. The third kappa shape index (κ3) is 5.31. The molecule has 3 rings (SSSR count). The summed E-state index contributed by atoms with van der Waals surface area (Å²) >= 11 is 0. The molecule has 0 bridgehead atoms. The molecule has 27 heavy (non-hydrogen) atoms. The van der Waals surface area contributed by atoms with Crippen LogP contribution >= 0.6 is 0 Å². The molecule has 5 heteroatoms. The number of nitrogens with zero attached hydrogens (tertiary/aromatic N) is 1. The van der Waals surface area contributed by atoms with Crippen molar-refractivity contribution in [3.05, 3.63) is 35.4 Å². The molecule has 1 aliphatic heterocycles. The van der Waals surface area contributed by atoms with Gasteiger partial charge in [0.05, 0.1) is 18.1 Å². The SMILES string of the molecule is CC1CN(Cc2ccccc2CNC(=O)C2CCCCC2(C)N)CC(C)O1. The summed E-state index contributed by atoms with van der Waals surface area (Å²) in [6, 6.07) is 8.40. The molecule has 5 nitrogen and oxygen atoms in total. The molecule has 1 amide bonds. The predicted molar refractivity (Wildman–Crippen MR) is 108 cm³/mol. The number of carbonyl (C=O) groups excluding carboxylic acids is 1. The van der Waals surface area contributed by atoms with E-state index in [4.69, 9.17) is 10.5 Å². The summed E-state index contributed by atoms with van der Waals surface area (Å²) in [5.74, 6) is 0.0162. The lowest BCUT2D eigenvalue weighted by atomic mass is 9.74. The van der Waals surface area contributed by atoms with Crippen molar-refractivity contribution in [3.63, 3.8) is 0 Å². The lowest BCUT2D eigenvalue weighted by Gasteiger charge is -2.37. The molecule has 0 aromatic heterocycles. The Kier molecular flexibility index (Phi) is 6.56. The van der Waals surface area contributed by atoms with Gasteiger partial charge in [-0.05, 0) is 44.7 Å². The Labute approximate surface area is 163 Å². The van der Waals surface area contributed by atoms with Gasteiger partial charge in [-0.2, -0.15) is 0 Å². The number of morpholine rings is 1. The Morgan fingerprint density at radius 1 is 1.22 bits per heavy atom. The first-order valence-corrected chi connectivity index (χ1v) is 10.4. The van der Waals surface area contributed by atoms with Crippen LogP contribution in [-0.2, 0) is 22.6 Å². The highest BCUT2D eigenvalue weighted by Crippen LogP contribution is 2.31. The third-order valence-corrected chi connectivity index (χ3v) is 6.03. The van der Waals surface area contributed by atoms with Crippen LogP contribution in [0.1, 0.15) is 57.6 Å². The van der Waals surface area contributed by atoms with E-state index in [1.807, 2.05) is 13.0 Å². The van der Waals surface area contributed by atoms with Crippen LogP contribution in [0.25, 0.3) is 0 Å². The van der Waals surface area contributed by atoms with Crippen LogP contribution in [0, 0.1) is 5.92 Å².